The van der Waals surface area contributed by atoms with Crippen LogP contribution in [0.15, 0.2) is 42.5 Å². The van der Waals surface area contributed by atoms with E-state index in [1.807, 2.05) is 0 Å². The summed E-state index contributed by atoms with van der Waals surface area (Å²) in [6.07, 6.45) is 0. The van der Waals surface area contributed by atoms with Crippen LogP contribution in [0.1, 0.15) is 23.6 Å². The SMILES string of the molecule is CCNCc1ccc(C)c(-c2ccccc2C)c1. The summed E-state index contributed by atoms with van der Waals surface area (Å²) in [5.74, 6) is 0. The van der Waals surface area contributed by atoms with E-state index in [9.17, 15) is 0 Å². The van der Waals surface area contributed by atoms with Crippen LogP contribution in [0.3, 0.4) is 0 Å². The molecule has 0 saturated heterocycles. The summed E-state index contributed by atoms with van der Waals surface area (Å²) in [7, 11) is 0. The van der Waals surface area contributed by atoms with Crippen LogP contribution in [0.25, 0.3) is 11.1 Å². The molecule has 1 nitrogen and oxygen atoms in total. The van der Waals surface area contributed by atoms with E-state index >= 15 is 0 Å². The molecule has 1 N–H and O–H groups in total. The summed E-state index contributed by atoms with van der Waals surface area (Å²) < 4.78 is 0. The number of rotatable bonds is 4. The molecular weight excluding hydrogens is 218 g/mol. The lowest BCUT2D eigenvalue weighted by Gasteiger charge is -2.12. The molecule has 0 fully saturated rings. The van der Waals surface area contributed by atoms with Crippen LogP contribution in [0.5, 0.6) is 0 Å². The number of benzene rings is 2. The van der Waals surface area contributed by atoms with Crippen LogP contribution in [-0.4, -0.2) is 6.54 Å². The van der Waals surface area contributed by atoms with Crippen LogP contribution in [-0.2, 0) is 6.54 Å². The minimum atomic E-state index is 0.940. The Hall–Kier alpha value is -1.60. The fourth-order valence-corrected chi connectivity index (χ4v) is 2.21. The number of nitrogens with one attached hydrogen (secondary N) is 1. The van der Waals surface area contributed by atoms with E-state index in [1.54, 1.807) is 0 Å². The third-order valence-electron chi connectivity index (χ3n) is 3.32. The Morgan fingerprint density at radius 2 is 1.61 bits per heavy atom. The van der Waals surface area contributed by atoms with Crippen molar-refractivity contribution in [3.05, 3.63) is 59.2 Å². The molecule has 0 aliphatic rings. The van der Waals surface area contributed by atoms with Crippen molar-refractivity contribution < 1.29 is 0 Å². The third-order valence-corrected chi connectivity index (χ3v) is 3.32. The molecule has 0 bridgehead atoms. The van der Waals surface area contributed by atoms with Gasteiger partial charge in [-0.1, -0.05) is 43.3 Å². The molecule has 2 aromatic rings. The predicted molar refractivity (Wildman–Crippen MR) is 78.7 cm³/mol. The van der Waals surface area contributed by atoms with E-state index in [4.69, 9.17) is 0 Å². The molecule has 0 unspecified atom stereocenters. The molecule has 94 valence electrons. The molecule has 0 radical (unpaired) electrons. The highest BCUT2D eigenvalue weighted by molar-refractivity contribution is 5.70. The van der Waals surface area contributed by atoms with Gasteiger partial charge in [-0.15, -0.1) is 0 Å². The van der Waals surface area contributed by atoms with Gasteiger partial charge in [0.25, 0.3) is 0 Å². The summed E-state index contributed by atoms with van der Waals surface area (Å²) in [5.41, 5.74) is 6.71. The van der Waals surface area contributed by atoms with Gasteiger partial charge in [-0.25, -0.2) is 0 Å². The van der Waals surface area contributed by atoms with E-state index in [2.05, 4.69) is 68.6 Å². The van der Waals surface area contributed by atoms with Gasteiger partial charge < -0.3 is 5.32 Å². The van der Waals surface area contributed by atoms with E-state index in [0.717, 1.165) is 13.1 Å². The third kappa shape index (κ3) is 2.80. The Labute approximate surface area is 110 Å². The van der Waals surface area contributed by atoms with Crippen molar-refractivity contribution in [2.45, 2.75) is 27.3 Å². The van der Waals surface area contributed by atoms with Crippen molar-refractivity contribution in [3.8, 4) is 11.1 Å². The second-order valence-electron chi connectivity index (χ2n) is 4.74. The van der Waals surface area contributed by atoms with Crippen LogP contribution in [0, 0.1) is 13.8 Å². The second kappa shape index (κ2) is 5.83. The summed E-state index contributed by atoms with van der Waals surface area (Å²) in [6, 6.07) is 15.3. The van der Waals surface area contributed by atoms with Crippen molar-refractivity contribution in [2.75, 3.05) is 6.54 Å². The lowest BCUT2D eigenvalue weighted by molar-refractivity contribution is 0.727. The second-order valence-corrected chi connectivity index (χ2v) is 4.74. The summed E-state index contributed by atoms with van der Waals surface area (Å²) in [4.78, 5) is 0. The Morgan fingerprint density at radius 3 is 2.33 bits per heavy atom. The van der Waals surface area contributed by atoms with Crippen LogP contribution >= 0.6 is 0 Å². The first-order valence-electron chi connectivity index (χ1n) is 6.58. The lowest BCUT2D eigenvalue weighted by Crippen LogP contribution is -2.11. The van der Waals surface area contributed by atoms with Crippen molar-refractivity contribution in [3.63, 3.8) is 0 Å². The Bertz CT molecular complexity index is 529. The standard InChI is InChI=1S/C17H21N/c1-4-18-12-15-10-9-14(3)17(11-15)16-8-6-5-7-13(16)2/h5-11,18H,4,12H2,1-3H3. The van der Waals surface area contributed by atoms with Crippen LogP contribution in [0.4, 0.5) is 0 Å². The summed E-state index contributed by atoms with van der Waals surface area (Å²) >= 11 is 0. The lowest BCUT2D eigenvalue weighted by atomic mass is 9.95. The molecule has 18 heavy (non-hydrogen) atoms. The zero-order valence-corrected chi connectivity index (χ0v) is 11.5. The van der Waals surface area contributed by atoms with E-state index in [1.165, 1.54) is 27.8 Å². The van der Waals surface area contributed by atoms with Crippen LogP contribution < -0.4 is 5.32 Å². The van der Waals surface area contributed by atoms with Gasteiger partial charge in [0.05, 0.1) is 0 Å². The average Bonchev–Trinajstić information content (AvgIpc) is 2.39. The first-order chi connectivity index (χ1) is 8.72. The normalized spacial score (nSPS) is 10.6. The highest BCUT2D eigenvalue weighted by Gasteiger charge is 2.05. The molecule has 0 heterocycles. The number of hydrogen-bond donors (Lipinski definition) is 1. The summed E-state index contributed by atoms with van der Waals surface area (Å²) in [6.45, 7) is 8.43. The molecule has 0 spiro atoms. The van der Waals surface area contributed by atoms with Gasteiger partial charge in [-0.2, -0.15) is 0 Å². The molecule has 0 saturated carbocycles. The summed E-state index contributed by atoms with van der Waals surface area (Å²) in [5, 5.41) is 3.38. The molecule has 0 aromatic heterocycles. The van der Waals surface area contributed by atoms with E-state index in [-0.39, 0.29) is 0 Å². The number of hydrogen-bond acceptors (Lipinski definition) is 1. The Morgan fingerprint density at radius 1 is 0.889 bits per heavy atom. The Balaban J connectivity index is 2.40. The highest BCUT2D eigenvalue weighted by atomic mass is 14.8. The smallest absolute Gasteiger partial charge is 0.0205 e. The maximum Gasteiger partial charge on any atom is 0.0205 e. The fraction of sp³-hybridized carbons (Fsp3) is 0.294. The van der Waals surface area contributed by atoms with Crippen molar-refractivity contribution in [2.24, 2.45) is 0 Å². The molecule has 1 heteroatoms. The molecule has 2 aromatic carbocycles. The van der Waals surface area contributed by atoms with Gasteiger partial charge in [0.2, 0.25) is 0 Å². The van der Waals surface area contributed by atoms with Gasteiger partial charge >= 0.3 is 0 Å². The molecule has 0 atom stereocenters. The minimum absolute atomic E-state index is 0.940. The zero-order chi connectivity index (χ0) is 13.0. The van der Waals surface area contributed by atoms with Crippen molar-refractivity contribution in [1.29, 1.82) is 0 Å². The largest absolute Gasteiger partial charge is 0.313 e. The van der Waals surface area contributed by atoms with Gasteiger partial charge in [0.15, 0.2) is 0 Å². The number of aryl methyl sites for hydroxylation is 2. The minimum Gasteiger partial charge on any atom is -0.313 e. The molecule has 0 amide bonds. The predicted octanol–water partition coefficient (Wildman–Crippen LogP) is 4.08. The van der Waals surface area contributed by atoms with Gasteiger partial charge in [-0.3, -0.25) is 0 Å². The van der Waals surface area contributed by atoms with Crippen molar-refractivity contribution >= 4 is 0 Å². The molecular formula is C17H21N. The molecule has 2 rings (SSSR count). The molecule has 0 aliphatic heterocycles. The van der Waals surface area contributed by atoms with Gasteiger partial charge in [-0.05, 0) is 54.3 Å². The fourth-order valence-electron chi connectivity index (χ4n) is 2.21. The average molecular weight is 239 g/mol. The van der Waals surface area contributed by atoms with Crippen molar-refractivity contribution in [1.82, 2.24) is 5.32 Å². The topological polar surface area (TPSA) is 12.0 Å². The Kier molecular flexibility index (Phi) is 4.16. The van der Waals surface area contributed by atoms with Gasteiger partial charge in [0.1, 0.15) is 0 Å². The monoisotopic (exact) mass is 239 g/mol. The van der Waals surface area contributed by atoms with Crippen LogP contribution in [0.2, 0.25) is 0 Å². The molecule has 0 aliphatic carbocycles. The maximum atomic E-state index is 3.38. The van der Waals surface area contributed by atoms with E-state index < -0.39 is 0 Å². The maximum absolute atomic E-state index is 3.38. The first kappa shape index (κ1) is 12.8. The van der Waals surface area contributed by atoms with Gasteiger partial charge in [0, 0.05) is 6.54 Å². The van der Waals surface area contributed by atoms with E-state index in [0.29, 0.717) is 0 Å². The highest BCUT2D eigenvalue weighted by Crippen LogP contribution is 2.27. The zero-order valence-electron chi connectivity index (χ0n) is 11.5. The quantitative estimate of drug-likeness (QED) is 0.847. The first-order valence-corrected chi connectivity index (χ1v) is 6.58.